The Bertz CT molecular complexity index is 1430. The van der Waals surface area contributed by atoms with Gasteiger partial charge in [-0.15, -0.1) is 0 Å². The van der Waals surface area contributed by atoms with Crippen molar-refractivity contribution in [2.24, 2.45) is 5.92 Å². The number of rotatable bonds is 6. The highest BCUT2D eigenvalue weighted by Gasteiger charge is 2.37. The number of benzene rings is 2. The number of carbonyl (C=O) groups is 1. The highest BCUT2D eigenvalue weighted by molar-refractivity contribution is 7.89. The van der Waals surface area contributed by atoms with E-state index in [1.54, 1.807) is 25.1 Å². The number of hydrogen-bond acceptors (Lipinski definition) is 5. The normalized spacial score (nSPS) is 17.0. The van der Waals surface area contributed by atoms with Crippen molar-refractivity contribution in [2.45, 2.75) is 45.4 Å². The smallest absolute Gasteiger partial charge is 0.248 e. The molecule has 1 atom stereocenters. The van der Waals surface area contributed by atoms with Crippen molar-refractivity contribution in [1.29, 1.82) is 0 Å². The van der Waals surface area contributed by atoms with Gasteiger partial charge >= 0.3 is 0 Å². The molecule has 0 radical (unpaired) electrons. The molecule has 4 rings (SSSR count). The number of hydrogen-bond donors (Lipinski definition) is 1. The van der Waals surface area contributed by atoms with Crippen molar-refractivity contribution in [3.05, 3.63) is 75.1 Å². The minimum Gasteiger partial charge on any atom is -0.355 e. The molecule has 1 N–H and O–H groups in total. The number of nitrogens with one attached hydrogen (secondary N) is 1. The number of carbonyl (C=O) groups excluding carboxylic acids is 1. The van der Waals surface area contributed by atoms with E-state index in [1.807, 2.05) is 51.1 Å². The quantitative estimate of drug-likeness (QED) is 0.439. The molecule has 0 aliphatic carbocycles. The van der Waals surface area contributed by atoms with Crippen LogP contribution in [-0.4, -0.2) is 36.9 Å². The number of anilines is 1. The van der Waals surface area contributed by atoms with E-state index in [9.17, 15) is 13.2 Å². The first-order valence-electron chi connectivity index (χ1n) is 11.8. The molecule has 3 aromatic rings. The predicted molar refractivity (Wildman–Crippen MR) is 142 cm³/mol. The monoisotopic (exact) mass is 527 g/mol. The maximum Gasteiger partial charge on any atom is 0.248 e. The molecule has 1 aliphatic rings. The largest absolute Gasteiger partial charge is 0.355 e. The first-order chi connectivity index (χ1) is 17.1. The van der Waals surface area contributed by atoms with Gasteiger partial charge in [-0.1, -0.05) is 52.7 Å². The van der Waals surface area contributed by atoms with E-state index in [0.29, 0.717) is 30.1 Å². The summed E-state index contributed by atoms with van der Waals surface area (Å²) >= 11 is 6.08. The standard InChI is InChI=1S/C27H30ClN3O4S/c1-17-7-8-18(2)21(14-17)10-12-25-26(20(4)30-35-25)36(33,34)31-13-5-6-22(16-31)27(32)29-24-15-23(28)11-9-19(24)3/h7-12,14-15,22H,5-6,13,16H2,1-4H3,(H,29,32)/b12-10+/t22-/m1/s1. The zero-order chi connectivity index (χ0) is 26.0. The molecule has 0 unspecified atom stereocenters. The van der Waals surface area contributed by atoms with E-state index in [0.717, 1.165) is 22.3 Å². The van der Waals surface area contributed by atoms with Crippen molar-refractivity contribution in [2.75, 3.05) is 18.4 Å². The molecular formula is C27H30ClN3O4S. The third-order valence-electron chi connectivity index (χ3n) is 6.49. The average molecular weight is 528 g/mol. The van der Waals surface area contributed by atoms with Crippen molar-refractivity contribution in [3.63, 3.8) is 0 Å². The third-order valence-corrected chi connectivity index (χ3v) is 8.75. The van der Waals surface area contributed by atoms with Gasteiger partial charge in [-0.2, -0.15) is 4.31 Å². The summed E-state index contributed by atoms with van der Waals surface area (Å²) < 4.78 is 34.2. The van der Waals surface area contributed by atoms with E-state index >= 15 is 0 Å². The molecule has 1 amide bonds. The molecule has 0 spiro atoms. The van der Waals surface area contributed by atoms with E-state index in [-0.39, 0.29) is 28.8 Å². The summed E-state index contributed by atoms with van der Waals surface area (Å²) in [6.45, 7) is 7.90. The lowest BCUT2D eigenvalue weighted by Gasteiger charge is -2.31. The zero-order valence-corrected chi connectivity index (χ0v) is 22.4. The summed E-state index contributed by atoms with van der Waals surface area (Å²) in [7, 11) is -3.93. The predicted octanol–water partition coefficient (Wildman–Crippen LogP) is 5.77. The minimum atomic E-state index is -3.93. The van der Waals surface area contributed by atoms with E-state index in [1.165, 1.54) is 4.31 Å². The molecule has 0 saturated carbocycles. The van der Waals surface area contributed by atoms with Crippen molar-refractivity contribution in [3.8, 4) is 0 Å². The number of aryl methyl sites for hydroxylation is 4. The zero-order valence-electron chi connectivity index (χ0n) is 20.8. The second kappa shape index (κ2) is 10.6. The Morgan fingerprint density at radius 1 is 1.11 bits per heavy atom. The van der Waals surface area contributed by atoms with Crippen molar-refractivity contribution in [1.82, 2.24) is 9.46 Å². The van der Waals surface area contributed by atoms with Crippen molar-refractivity contribution >= 4 is 45.4 Å². The topological polar surface area (TPSA) is 92.5 Å². The lowest BCUT2D eigenvalue weighted by Crippen LogP contribution is -2.44. The molecule has 7 nitrogen and oxygen atoms in total. The number of piperidine rings is 1. The lowest BCUT2D eigenvalue weighted by atomic mass is 9.98. The maximum atomic E-state index is 13.7. The van der Waals surface area contributed by atoms with Crippen LogP contribution in [0.3, 0.4) is 0 Å². The van der Waals surface area contributed by atoms with Gasteiger partial charge in [0.25, 0.3) is 0 Å². The average Bonchev–Trinajstić information content (AvgIpc) is 3.23. The molecule has 9 heteroatoms. The van der Waals surface area contributed by atoms with Gasteiger partial charge in [0.05, 0.1) is 5.92 Å². The third kappa shape index (κ3) is 5.56. The summed E-state index contributed by atoms with van der Waals surface area (Å²) in [6, 6.07) is 11.4. The van der Waals surface area contributed by atoms with E-state index in [4.69, 9.17) is 16.1 Å². The first kappa shape index (κ1) is 26.1. The molecule has 1 aromatic heterocycles. The number of aromatic nitrogens is 1. The van der Waals surface area contributed by atoms with Gasteiger partial charge in [0.2, 0.25) is 15.9 Å². The number of nitrogens with zero attached hydrogens (tertiary/aromatic N) is 2. The Morgan fingerprint density at radius 3 is 2.64 bits per heavy atom. The van der Waals surface area contributed by atoms with Crippen molar-refractivity contribution < 1.29 is 17.7 Å². The molecule has 36 heavy (non-hydrogen) atoms. The molecule has 190 valence electrons. The molecule has 1 saturated heterocycles. The Labute approximate surface area is 217 Å². The van der Waals surface area contributed by atoms with Gasteiger partial charge in [-0.3, -0.25) is 4.79 Å². The highest BCUT2D eigenvalue weighted by atomic mass is 35.5. The molecule has 1 aliphatic heterocycles. The van der Waals surface area contributed by atoms with Crippen LogP contribution >= 0.6 is 11.6 Å². The van der Waals surface area contributed by atoms with Gasteiger partial charge in [0.15, 0.2) is 10.7 Å². The highest BCUT2D eigenvalue weighted by Crippen LogP contribution is 2.30. The molecule has 2 heterocycles. The lowest BCUT2D eigenvalue weighted by molar-refractivity contribution is -0.120. The summed E-state index contributed by atoms with van der Waals surface area (Å²) in [5.74, 6) is -0.534. The van der Waals surface area contributed by atoms with Crippen LogP contribution in [-0.2, 0) is 14.8 Å². The van der Waals surface area contributed by atoms with E-state index < -0.39 is 15.9 Å². The van der Waals surface area contributed by atoms with E-state index in [2.05, 4.69) is 10.5 Å². The molecule has 2 aromatic carbocycles. The minimum absolute atomic E-state index is 0.0378. The Kier molecular flexibility index (Phi) is 7.68. The Balaban J connectivity index is 1.56. The second-order valence-electron chi connectivity index (χ2n) is 9.31. The summed E-state index contributed by atoms with van der Waals surface area (Å²) in [6.07, 6.45) is 4.65. The summed E-state index contributed by atoms with van der Waals surface area (Å²) in [5, 5.41) is 7.37. The van der Waals surface area contributed by atoms with Crippen LogP contribution in [0, 0.1) is 33.6 Å². The summed E-state index contributed by atoms with van der Waals surface area (Å²) in [4.78, 5) is 13.1. The van der Waals surface area contributed by atoms with Crippen LogP contribution in [0.4, 0.5) is 5.69 Å². The van der Waals surface area contributed by atoms with Crippen LogP contribution in [0.15, 0.2) is 45.8 Å². The fourth-order valence-electron chi connectivity index (χ4n) is 4.37. The fourth-order valence-corrected chi connectivity index (χ4v) is 6.32. The molecule has 0 bridgehead atoms. The summed E-state index contributed by atoms with van der Waals surface area (Å²) in [5.41, 5.74) is 4.94. The molecular weight excluding hydrogens is 498 g/mol. The maximum absolute atomic E-state index is 13.7. The number of sulfonamides is 1. The van der Waals surface area contributed by atoms with Crippen LogP contribution < -0.4 is 5.32 Å². The Morgan fingerprint density at radius 2 is 1.86 bits per heavy atom. The number of halogens is 1. The number of amides is 1. The Hall–Kier alpha value is -2.94. The van der Waals surface area contributed by atoms with Gasteiger partial charge in [0.1, 0.15) is 5.69 Å². The van der Waals surface area contributed by atoms with Gasteiger partial charge < -0.3 is 9.84 Å². The SMILES string of the molecule is Cc1ccc(C)c(/C=C/c2onc(C)c2S(=O)(=O)N2CCC[C@@H](C(=O)Nc3cc(Cl)ccc3C)C2)c1. The van der Waals surface area contributed by atoms with Crippen LogP contribution in [0.5, 0.6) is 0 Å². The second-order valence-corrected chi connectivity index (χ2v) is 11.6. The van der Waals surface area contributed by atoms with Gasteiger partial charge in [-0.25, -0.2) is 8.42 Å². The van der Waals surface area contributed by atoms with Gasteiger partial charge in [0, 0.05) is 23.8 Å². The molecule has 1 fully saturated rings. The fraction of sp³-hybridized carbons (Fsp3) is 0.333. The van der Waals surface area contributed by atoms with Crippen LogP contribution in [0.25, 0.3) is 12.2 Å². The first-order valence-corrected chi connectivity index (χ1v) is 13.7. The van der Waals surface area contributed by atoms with Crippen LogP contribution in [0.2, 0.25) is 5.02 Å². The van der Waals surface area contributed by atoms with Crippen LogP contribution in [0.1, 0.15) is 46.5 Å². The van der Waals surface area contributed by atoms with Gasteiger partial charge in [-0.05, 0) is 75.4 Å².